The number of carbonyl (C=O) groups excluding carboxylic acids is 1. The van der Waals surface area contributed by atoms with Crippen molar-refractivity contribution in [1.82, 2.24) is 15.1 Å². The first-order valence-electron chi connectivity index (χ1n) is 8.21. The summed E-state index contributed by atoms with van der Waals surface area (Å²) >= 11 is 0. The Bertz CT molecular complexity index is 549. The number of likely N-dealkylation sites (N-methyl/N-ethyl adjacent to an activating group) is 1. The third kappa shape index (κ3) is 5.14. The number of benzene rings is 1. The summed E-state index contributed by atoms with van der Waals surface area (Å²) in [6, 6.07) is 3.54. The number of nitrogens with zero attached hydrogens (tertiary/aromatic N) is 2. The molecule has 1 aromatic carbocycles. The molecule has 1 aliphatic heterocycles. The van der Waals surface area contributed by atoms with Gasteiger partial charge in [-0.15, -0.1) is 0 Å². The van der Waals surface area contributed by atoms with Crippen molar-refractivity contribution in [3.63, 3.8) is 0 Å². The number of nitrogens with one attached hydrogen (secondary N) is 1. The molecule has 5 nitrogen and oxygen atoms in total. The summed E-state index contributed by atoms with van der Waals surface area (Å²) < 4.78 is 27.5. The highest BCUT2D eigenvalue weighted by Gasteiger charge is 2.24. The summed E-state index contributed by atoms with van der Waals surface area (Å²) in [5.41, 5.74) is 0.0655. The summed E-state index contributed by atoms with van der Waals surface area (Å²) in [5.74, 6) is -1.09. The Morgan fingerprint density at radius 2 is 2.12 bits per heavy atom. The number of carbonyl (C=O) groups is 1. The second kappa shape index (κ2) is 8.39. The molecule has 134 valence electrons. The van der Waals surface area contributed by atoms with Crippen LogP contribution in [0.2, 0.25) is 0 Å². The highest BCUT2D eigenvalue weighted by Crippen LogP contribution is 2.18. The molecule has 0 aliphatic carbocycles. The van der Waals surface area contributed by atoms with Gasteiger partial charge in [-0.1, -0.05) is 6.07 Å². The van der Waals surface area contributed by atoms with Crippen molar-refractivity contribution >= 4 is 6.03 Å². The van der Waals surface area contributed by atoms with E-state index in [0.29, 0.717) is 6.54 Å². The molecule has 1 aliphatic rings. The smallest absolute Gasteiger partial charge is 0.317 e. The van der Waals surface area contributed by atoms with Crippen molar-refractivity contribution < 1.29 is 18.7 Å². The molecular formula is C17H25F2N3O2. The van der Waals surface area contributed by atoms with E-state index in [9.17, 15) is 18.7 Å². The van der Waals surface area contributed by atoms with Gasteiger partial charge in [0.05, 0.1) is 6.10 Å². The van der Waals surface area contributed by atoms with E-state index in [2.05, 4.69) is 5.32 Å². The first kappa shape index (κ1) is 18.6. The Kier molecular flexibility index (Phi) is 6.51. The SMILES string of the molecule is CC(O)CN(C)C(=O)NC1CCCN(Cc2c(F)cccc2F)C1. The van der Waals surface area contributed by atoms with Gasteiger partial charge in [-0.3, -0.25) is 4.90 Å². The van der Waals surface area contributed by atoms with E-state index in [1.165, 1.54) is 23.1 Å². The van der Waals surface area contributed by atoms with Gasteiger partial charge in [-0.25, -0.2) is 13.6 Å². The van der Waals surface area contributed by atoms with Crippen LogP contribution in [0.1, 0.15) is 25.3 Å². The fourth-order valence-electron chi connectivity index (χ4n) is 2.99. The van der Waals surface area contributed by atoms with Crippen molar-refractivity contribution in [2.45, 2.75) is 38.5 Å². The monoisotopic (exact) mass is 341 g/mol. The molecule has 1 heterocycles. The number of urea groups is 1. The molecule has 0 radical (unpaired) electrons. The van der Waals surface area contributed by atoms with Gasteiger partial charge in [-0.2, -0.15) is 0 Å². The van der Waals surface area contributed by atoms with Gasteiger partial charge in [-0.05, 0) is 38.4 Å². The molecular weight excluding hydrogens is 316 g/mol. The number of rotatable bonds is 5. The summed E-state index contributed by atoms with van der Waals surface area (Å²) in [4.78, 5) is 15.5. The predicted octanol–water partition coefficient (Wildman–Crippen LogP) is 1.95. The third-order valence-corrected chi connectivity index (χ3v) is 4.16. The van der Waals surface area contributed by atoms with Gasteiger partial charge in [0.25, 0.3) is 0 Å². The molecule has 2 unspecified atom stereocenters. The molecule has 2 amide bonds. The molecule has 0 aromatic heterocycles. The maximum atomic E-state index is 13.8. The summed E-state index contributed by atoms with van der Waals surface area (Å²) in [6.45, 7) is 3.35. The van der Waals surface area contributed by atoms with E-state index in [0.717, 1.165) is 19.4 Å². The van der Waals surface area contributed by atoms with E-state index in [1.807, 2.05) is 4.90 Å². The van der Waals surface area contributed by atoms with Gasteiger partial charge in [0.1, 0.15) is 11.6 Å². The molecule has 0 bridgehead atoms. The van der Waals surface area contributed by atoms with Crippen LogP contribution >= 0.6 is 0 Å². The predicted molar refractivity (Wildman–Crippen MR) is 87.5 cm³/mol. The fraction of sp³-hybridized carbons (Fsp3) is 0.588. The number of aliphatic hydroxyl groups is 1. The molecule has 2 rings (SSSR count). The molecule has 0 saturated carbocycles. The van der Waals surface area contributed by atoms with E-state index in [1.54, 1.807) is 14.0 Å². The maximum Gasteiger partial charge on any atom is 0.317 e. The van der Waals surface area contributed by atoms with Crippen LogP contribution in [0, 0.1) is 11.6 Å². The average molecular weight is 341 g/mol. The number of halogens is 2. The molecule has 24 heavy (non-hydrogen) atoms. The van der Waals surface area contributed by atoms with Crippen LogP contribution in [0.3, 0.4) is 0 Å². The van der Waals surface area contributed by atoms with Crippen LogP contribution in [-0.4, -0.2) is 59.8 Å². The first-order valence-corrected chi connectivity index (χ1v) is 8.21. The van der Waals surface area contributed by atoms with Crippen molar-refractivity contribution in [3.8, 4) is 0 Å². The molecule has 1 aromatic rings. The molecule has 2 N–H and O–H groups in total. The van der Waals surface area contributed by atoms with Crippen molar-refractivity contribution in [2.24, 2.45) is 0 Å². The zero-order valence-corrected chi connectivity index (χ0v) is 14.1. The average Bonchev–Trinajstić information content (AvgIpc) is 2.51. The van der Waals surface area contributed by atoms with Crippen molar-refractivity contribution in [1.29, 1.82) is 0 Å². The Balaban J connectivity index is 1.91. The van der Waals surface area contributed by atoms with Gasteiger partial charge in [0.2, 0.25) is 0 Å². The molecule has 0 spiro atoms. The van der Waals surface area contributed by atoms with Crippen LogP contribution in [0.4, 0.5) is 13.6 Å². The van der Waals surface area contributed by atoms with Crippen LogP contribution in [-0.2, 0) is 6.54 Å². The van der Waals surface area contributed by atoms with E-state index >= 15 is 0 Å². The number of piperidine rings is 1. The Morgan fingerprint density at radius 1 is 1.46 bits per heavy atom. The Labute approximate surface area is 141 Å². The zero-order valence-electron chi connectivity index (χ0n) is 14.1. The first-order chi connectivity index (χ1) is 11.4. The molecule has 2 atom stereocenters. The second-order valence-electron chi connectivity index (χ2n) is 6.45. The van der Waals surface area contributed by atoms with Crippen molar-refractivity contribution in [3.05, 3.63) is 35.4 Å². The van der Waals surface area contributed by atoms with E-state index < -0.39 is 17.7 Å². The molecule has 7 heteroatoms. The van der Waals surface area contributed by atoms with Gasteiger partial charge in [0, 0.05) is 38.3 Å². The zero-order chi connectivity index (χ0) is 17.7. The van der Waals surface area contributed by atoms with E-state index in [-0.39, 0.29) is 30.7 Å². The number of amides is 2. The minimum atomic E-state index is -0.590. The second-order valence-corrected chi connectivity index (χ2v) is 6.45. The topological polar surface area (TPSA) is 55.8 Å². The van der Waals surface area contributed by atoms with Crippen LogP contribution in [0.5, 0.6) is 0 Å². The molecule has 1 saturated heterocycles. The number of hydrogen-bond acceptors (Lipinski definition) is 3. The number of aliphatic hydroxyl groups excluding tert-OH is 1. The van der Waals surface area contributed by atoms with E-state index in [4.69, 9.17) is 0 Å². The molecule has 1 fully saturated rings. The van der Waals surface area contributed by atoms with Crippen molar-refractivity contribution in [2.75, 3.05) is 26.7 Å². The van der Waals surface area contributed by atoms with Gasteiger partial charge < -0.3 is 15.3 Å². The van der Waals surface area contributed by atoms with Crippen LogP contribution in [0.15, 0.2) is 18.2 Å². The lowest BCUT2D eigenvalue weighted by atomic mass is 10.0. The Morgan fingerprint density at radius 3 is 2.75 bits per heavy atom. The number of hydrogen-bond donors (Lipinski definition) is 2. The Hall–Kier alpha value is -1.73. The largest absolute Gasteiger partial charge is 0.392 e. The maximum absolute atomic E-state index is 13.8. The van der Waals surface area contributed by atoms with Gasteiger partial charge in [0.15, 0.2) is 0 Å². The lowest BCUT2D eigenvalue weighted by molar-refractivity contribution is 0.135. The fourth-order valence-corrected chi connectivity index (χ4v) is 2.99. The minimum Gasteiger partial charge on any atom is -0.392 e. The summed E-state index contributed by atoms with van der Waals surface area (Å²) in [6.07, 6.45) is 1.08. The normalized spacial score (nSPS) is 19.8. The highest BCUT2D eigenvalue weighted by molar-refractivity contribution is 5.74. The number of likely N-dealkylation sites (tertiary alicyclic amines) is 1. The minimum absolute atomic E-state index is 0.0655. The standard InChI is InChI=1S/C17H25F2N3O2/c1-12(23)9-21(2)17(24)20-13-5-4-8-22(10-13)11-14-15(18)6-3-7-16(14)19/h3,6-7,12-13,23H,4-5,8-11H2,1-2H3,(H,20,24). The lowest BCUT2D eigenvalue weighted by Gasteiger charge is -2.34. The summed E-state index contributed by atoms with van der Waals surface area (Å²) in [5, 5.41) is 12.3. The lowest BCUT2D eigenvalue weighted by Crippen LogP contribution is -2.51. The third-order valence-electron chi connectivity index (χ3n) is 4.16. The van der Waals surface area contributed by atoms with Crippen LogP contribution in [0.25, 0.3) is 0 Å². The van der Waals surface area contributed by atoms with Crippen LogP contribution < -0.4 is 5.32 Å². The quantitative estimate of drug-likeness (QED) is 0.861. The summed E-state index contributed by atoms with van der Waals surface area (Å²) in [7, 11) is 1.62. The van der Waals surface area contributed by atoms with Gasteiger partial charge >= 0.3 is 6.03 Å². The highest BCUT2D eigenvalue weighted by atomic mass is 19.1.